The minimum atomic E-state index is -0.579. The molecule has 1 amide bonds. The highest BCUT2D eigenvalue weighted by Gasteiger charge is 2.19. The quantitative estimate of drug-likeness (QED) is 0.877. The first kappa shape index (κ1) is 14.2. The van der Waals surface area contributed by atoms with Crippen molar-refractivity contribution in [1.29, 1.82) is 0 Å². The predicted molar refractivity (Wildman–Crippen MR) is 67.3 cm³/mol. The molecule has 0 spiro atoms. The van der Waals surface area contributed by atoms with Crippen LogP contribution in [0.5, 0.6) is 0 Å². The Labute approximate surface area is 106 Å². The molecule has 0 unspecified atom stereocenters. The summed E-state index contributed by atoms with van der Waals surface area (Å²) in [6.45, 7) is 8.88. The van der Waals surface area contributed by atoms with E-state index >= 15 is 0 Å². The molecule has 0 saturated carbocycles. The van der Waals surface area contributed by atoms with Gasteiger partial charge in [-0.25, -0.2) is 4.79 Å². The van der Waals surface area contributed by atoms with Crippen LogP contribution < -0.4 is 5.32 Å². The molecular formula is C12H19N3O3. The Morgan fingerprint density at radius 2 is 2.00 bits per heavy atom. The van der Waals surface area contributed by atoms with E-state index in [1.165, 1.54) is 6.20 Å². The van der Waals surface area contributed by atoms with E-state index in [9.17, 15) is 9.59 Å². The lowest BCUT2D eigenvalue weighted by Crippen LogP contribution is -2.27. The lowest BCUT2D eigenvalue weighted by atomic mass is 10.2. The molecule has 100 valence electrons. The molecule has 0 bridgehead atoms. The number of amides is 1. The predicted octanol–water partition coefficient (Wildman–Crippen LogP) is 2.26. The number of anilines is 1. The van der Waals surface area contributed by atoms with E-state index in [0.29, 0.717) is 5.82 Å². The van der Waals surface area contributed by atoms with Gasteiger partial charge < -0.3 is 10.1 Å². The lowest BCUT2D eigenvalue weighted by molar-refractivity contribution is -0.118. The molecule has 18 heavy (non-hydrogen) atoms. The van der Waals surface area contributed by atoms with Gasteiger partial charge in [0.15, 0.2) is 5.82 Å². The molecule has 0 aromatic carbocycles. The van der Waals surface area contributed by atoms with Crippen molar-refractivity contribution in [1.82, 2.24) is 9.78 Å². The van der Waals surface area contributed by atoms with Gasteiger partial charge in [-0.3, -0.25) is 4.79 Å². The number of hydrogen-bond donors (Lipinski definition) is 1. The van der Waals surface area contributed by atoms with Crippen LogP contribution in [0.3, 0.4) is 0 Å². The van der Waals surface area contributed by atoms with Crippen molar-refractivity contribution in [3.8, 4) is 0 Å². The summed E-state index contributed by atoms with van der Waals surface area (Å²) in [7, 11) is 0. The van der Waals surface area contributed by atoms with Crippen molar-refractivity contribution < 1.29 is 14.3 Å². The van der Waals surface area contributed by atoms with Gasteiger partial charge in [-0.05, 0) is 20.8 Å². The fourth-order valence-electron chi connectivity index (χ4n) is 1.07. The molecule has 1 heterocycles. The first-order valence-corrected chi connectivity index (χ1v) is 5.79. The SMILES string of the molecule is CC(C)C(=O)Nc1ccn(C(=O)OC(C)(C)C)n1. The zero-order chi connectivity index (χ0) is 13.9. The largest absolute Gasteiger partial charge is 0.442 e. The summed E-state index contributed by atoms with van der Waals surface area (Å²) in [5, 5.41) is 6.53. The van der Waals surface area contributed by atoms with Crippen LogP contribution >= 0.6 is 0 Å². The minimum absolute atomic E-state index is 0.142. The van der Waals surface area contributed by atoms with Crippen LogP contribution in [-0.4, -0.2) is 27.4 Å². The smallest absolute Gasteiger partial charge is 0.435 e. The standard InChI is InChI=1S/C12H19N3O3/c1-8(2)10(16)13-9-6-7-15(14-9)11(17)18-12(3,4)5/h6-8H,1-5H3,(H,13,14,16). The molecule has 1 rings (SSSR count). The topological polar surface area (TPSA) is 73.2 Å². The molecule has 0 atom stereocenters. The number of carbonyl (C=O) groups excluding carboxylic acids is 2. The van der Waals surface area contributed by atoms with Crippen LogP contribution in [0.1, 0.15) is 34.6 Å². The van der Waals surface area contributed by atoms with E-state index in [0.717, 1.165) is 4.68 Å². The highest BCUT2D eigenvalue weighted by molar-refractivity contribution is 5.91. The molecule has 0 aliphatic carbocycles. The molecular weight excluding hydrogens is 234 g/mol. The third kappa shape index (κ3) is 4.20. The Morgan fingerprint density at radius 1 is 1.39 bits per heavy atom. The lowest BCUT2D eigenvalue weighted by Gasteiger charge is -2.18. The fraction of sp³-hybridized carbons (Fsp3) is 0.583. The second kappa shape index (κ2) is 5.20. The number of aromatic nitrogens is 2. The van der Waals surface area contributed by atoms with Crippen molar-refractivity contribution in [3.63, 3.8) is 0 Å². The van der Waals surface area contributed by atoms with E-state index in [4.69, 9.17) is 4.74 Å². The first-order chi connectivity index (χ1) is 8.19. The van der Waals surface area contributed by atoms with Crippen molar-refractivity contribution >= 4 is 17.8 Å². The van der Waals surface area contributed by atoms with Crippen molar-refractivity contribution in [2.75, 3.05) is 5.32 Å². The van der Waals surface area contributed by atoms with E-state index in [2.05, 4.69) is 10.4 Å². The van der Waals surface area contributed by atoms with E-state index in [-0.39, 0.29) is 11.8 Å². The van der Waals surface area contributed by atoms with Gasteiger partial charge in [0.05, 0.1) is 0 Å². The third-order valence-electron chi connectivity index (χ3n) is 1.95. The minimum Gasteiger partial charge on any atom is -0.442 e. The summed E-state index contributed by atoms with van der Waals surface area (Å²) in [5.74, 6) is 0.0423. The zero-order valence-electron chi connectivity index (χ0n) is 11.4. The average molecular weight is 253 g/mol. The Balaban J connectivity index is 2.69. The number of hydrogen-bond acceptors (Lipinski definition) is 4. The fourth-order valence-corrected chi connectivity index (χ4v) is 1.07. The summed E-state index contributed by atoms with van der Waals surface area (Å²) >= 11 is 0. The van der Waals surface area contributed by atoms with Crippen LogP contribution in [0.25, 0.3) is 0 Å². The number of rotatable bonds is 2. The summed E-state index contributed by atoms with van der Waals surface area (Å²) in [6, 6.07) is 1.55. The Kier molecular flexibility index (Phi) is 4.11. The number of nitrogens with zero attached hydrogens (tertiary/aromatic N) is 2. The zero-order valence-corrected chi connectivity index (χ0v) is 11.4. The van der Waals surface area contributed by atoms with Gasteiger partial charge in [-0.15, -0.1) is 5.10 Å². The third-order valence-corrected chi connectivity index (χ3v) is 1.95. The maximum absolute atomic E-state index is 11.7. The van der Waals surface area contributed by atoms with Crippen LogP contribution in [0.2, 0.25) is 0 Å². The monoisotopic (exact) mass is 253 g/mol. The molecule has 0 fully saturated rings. The second-order valence-corrected chi connectivity index (χ2v) is 5.27. The van der Waals surface area contributed by atoms with E-state index in [1.54, 1.807) is 40.7 Å². The summed E-state index contributed by atoms with van der Waals surface area (Å²) in [6.07, 6.45) is 0.872. The van der Waals surface area contributed by atoms with Gasteiger partial charge in [0.25, 0.3) is 0 Å². The van der Waals surface area contributed by atoms with Gasteiger partial charge in [-0.1, -0.05) is 13.8 Å². The van der Waals surface area contributed by atoms with Crippen molar-refractivity contribution in [2.45, 2.75) is 40.2 Å². The van der Waals surface area contributed by atoms with Gasteiger partial charge in [-0.2, -0.15) is 4.68 Å². The molecule has 1 N–H and O–H groups in total. The number of ether oxygens (including phenoxy) is 1. The van der Waals surface area contributed by atoms with Crippen molar-refractivity contribution in [2.24, 2.45) is 5.92 Å². The highest BCUT2D eigenvalue weighted by Crippen LogP contribution is 2.10. The Bertz CT molecular complexity index is 444. The van der Waals surface area contributed by atoms with Crippen LogP contribution in [0.4, 0.5) is 10.6 Å². The molecule has 6 nitrogen and oxygen atoms in total. The second-order valence-electron chi connectivity index (χ2n) is 5.27. The van der Waals surface area contributed by atoms with Gasteiger partial charge in [0, 0.05) is 18.2 Å². The maximum atomic E-state index is 11.7. The van der Waals surface area contributed by atoms with Gasteiger partial charge in [0.2, 0.25) is 5.91 Å². The summed E-state index contributed by atoms with van der Waals surface area (Å²) in [4.78, 5) is 23.1. The number of carbonyl (C=O) groups is 2. The van der Waals surface area contributed by atoms with Gasteiger partial charge >= 0.3 is 6.09 Å². The van der Waals surface area contributed by atoms with E-state index in [1.807, 2.05) is 0 Å². The van der Waals surface area contributed by atoms with Crippen LogP contribution in [-0.2, 0) is 9.53 Å². The highest BCUT2D eigenvalue weighted by atomic mass is 16.6. The molecule has 1 aromatic heterocycles. The molecule has 0 radical (unpaired) electrons. The summed E-state index contributed by atoms with van der Waals surface area (Å²) < 4.78 is 6.20. The van der Waals surface area contributed by atoms with Crippen LogP contribution in [0.15, 0.2) is 12.3 Å². The van der Waals surface area contributed by atoms with Crippen LogP contribution in [0, 0.1) is 5.92 Å². The molecule has 1 aromatic rings. The average Bonchev–Trinajstić information content (AvgIpc) is 2.63. The normalized spacial score (nSPS) is 11.4. The first-order valence-electron chi connectivity index (χ1n) is 5.79. The molecule has 0 aliphatic rings. The van der Waals surface area contributed by atoms with E-state index < -0.39 is 11.7 Å². The Morgan fingerprint density at radius 3 is 2.50 bits per heavy atom. The molecule has 0 aliphatic heterocycles. The molecule has 6 heteroatoms. The maximum Gasteiger partial charge on any atom is 0.435 e. The van der Waals surface area contributed by atoms with Gasteiger partial charge in [0.1, 0.15) is 5.60 Å². The Hall–Kier alpha value is -1.85. The summed E-state index contributed by atoms with van der Waals surface area (Å²) in [5.41, 5.74) is -0.579. The number of nitrogens with one attached hydrogen (secondary N) is 1. The van der Waals surface area contributed by atoms with Crippen molar-refractivity contribution in [3.05, 3.63) is 12.3 Å². The molecule has 0 saturated heterocycles.